The Hall–Kier alpha value is -1.14. The molecule has 0 aromatic rings. The third-order valence-corrected chi connectivity index (χ3v) is 4.59. The summed E-state index contributed by atoms with van der Waals surface area (Å²) in [4.78, 5) is 23.6. The first-order valence-electron chi connectivity index (χ1n) is 8.34. The van der Waals surface area contributed by atoms with Gasteiger partial charge in [-0.15, -0.1) is 0 Å². The highest BCUT2D eigenvalue weighted by Gasteiger charge is 2.31. The molecule has 0 spiro atoms. The maximum Gasteiger partial charge on any atom is 0.308 e. The molecule has 22 heavy (non-hydrogen) atoms. The number of carboxylic acid groups (broad SMARTS) is 1. The highest BCUT2D eigenvalue weighted by molar-refractivity contribution is 5.81. The molecule has 6 nitrogen and oxygen atoms in total. The average Bonchev–Trinajstić information content (AvgIpc) is 2.90. The van der Waals surface area contributed by atoms with Crippen molar-refractivity contribution < 1.29 is 24.2 Å². The van der Waals surface area contributed by atoms with Gasteiger partial charge < -0.3 is 19.9 Å². The molecule has 0 aromatic heterocycles. The van der Waals surface area contributed by atoms with E-state index in [1.165, 1.54) is 0 Å². The predicted molar refractivity (Wildman–Crippen MR) is 80.5 cm³/mol. The van der Waals surface area contributed by atoms with Crippen molar-refractivity contribution in [2.75, 3.05) is 13.2 Å². The van der Waals surface area contributed by atoms with E-state index < -0.39 is 18.0 Å². The number of rotatable bonds is 6. The summed E-state index contributed by atoms with van der Waals surface area (Å²) >= 11 is 0. The van der Waals surface area contributed by atoms with Gasteiger partial charge in [0.15, 0.2) is 0 Å². The summed E-state index contributed by atoms with van der Waals surface area (Å²) in [6.45, 7) is 2.88. The molecule has 2 rings (SSSR count). The molecule has 6 heteroatoms. The lowest BCUT2D eigenvalue weighted by Crippen LogP contribution is -2.47. The Kier molecular flexibility index (Phi) is 6.64. The third kappa shape index (κ3) is 4.95. The van der Waals surface area contributed by atoms with Crippen molar-refractivity contribution in [1.29, 1.82) is 0 Å². The summed E-state index contributed by atoms with van der Waals surface area (Å²) in [5.74, 6) is -1.53. The SMILES string of the molecule is CC(OCC1CCCO1)C(=O)N[C@H]1CCCCC[C@H]1C(=O)O. The van der Waals surface area contributed by atoms with Crippen molar-refractivity contribution in [3.8, 4) is 0 Å². The lowest BCUT2D eigenvalue weighted by atomic mass is 9.94. The Bertz CT molecular complexity index is 381. The van der Waals surface area contributed by atoms with Gasteiger partial charge in [-0.1, -0.05) is 19.3 Å². The standard InChI is InChI=1S/C16H27NO5/c1-11(22-10-12-6-5-9-21-12)15(18)17-14-8-4-2-3-7-13(14)16(19)20/h11-14H,2-10H2,1H3,(H,17,18)(H,19,20)/t11?,12?,13-,14+/m1/s1. The molecule has 2 unspecified atom stereocenters. The molecule has 1 saturated heterocycles. The van der Waals surface area contributed by atoms with E-state index in [2.05, 4.69) is 5.32 Å². The topological polar surface area (TPSA) is 84.9 Å². The maximum atomic E-state index is 12.2. The molecule has 4 atom stereocenters. The molecule has 1 aliphatic carbocycles. The second-order valence-corrected chi connectivity index (χ2v) is 6.31. The summed E-state index contributed by atoms with van der Waals surface area (Å²) in [6, 6.07) is -0.290. The number of carbonyl (C=O) groups is 2. The molecule has 0 aromatic carbocycles. The van der Waals surface area contributed by atoms with E-state index in [1.807, 2.05) is 0 Å². The van der Waals surface area contributed by atoms with E-state index in [9.17, 15) is 14.7 Å². The van der Waals surface area contributed by atoms with E-state index in [0.717, 1.165) is 45.1 Å². The summed E-state index contributed by atoms with van der Waals surface area (Å²) in [5.41, 5.74) is 0. The van der Waals surface area contributed by atoms with Crippen LogP contribution in [-0.4, -0.2) is 48.4 Å². The van der Waals surface area contributed by atoms with Gasteiger partial charge in [0.2, 0.25) is 5.91 Å². The molecule has 126 valence electrons. The highest BCUT2D eigenvalue weighted by atomic mass is 16.5. The normalized spacial score (nSPS) is 30.5. The minimum Gasteiger partial charge on any atom is -0.481 e. The largest absolute Gasteiger partial charge is 0.481 e. The van der Waals surface area contributed by atoms with E-state index in [0.29, 0.717) is 13.0 Å². The zero-order valence-electron chi connectivity index (χ0n) is 13.3. The molecular formula is C16H27NO5. The van der Waals surface area contributed by atoms with Crippen molar-refractivity contribution in [1.82, 2.24) is 5.32 Å². The van der Waals surface area contributed by atoms with Gasteiger partial charge in [0.05, 0.1) is 18.6 Å². The van der Waals surface area contributed by atoms with Crippen LogP contribution in [0.1, 0.15) is 51.9 Å². The van der Waals surface area contributed by atoms with Gasteiger partial charge in [-0.05, 0) is 32.6 Å². The Labute approximate surface area is 131 Å². The Morgan fingerprint density at radius 2 is 2.00 bits per heavy atom. The summed E-state index contributed by atoms with van der Waals surface area (Å²) in [6.07, 6.45) is 5.76. The number of hydrogen-bond donors (Lipinski definition) is 2. The number of carbonyl (C=O) groups excluding carboxylic acids is 1. The Morgan fingerprint density at radius 3 is 2.68 bits per heavy atom. The fourth-order valence-electron chi connectivity index (χ4n) is 3.18. The van der Waals surface area contributed by atoms with E-state index in [4.69, 9.17) is 9.47 Å². The Morgan fingerprint density at radius 1 is 1.23 bits per heavy atom. The smallest absolute Gasteiger partial charge is 0.308 e. The maximum absolute atomic E-state index is 12.2. The lowest BCUT2D eigenvalue weighted by Gasteiger charge is -2.25. The monoisotopic (exact) mass is 313 g/mol. The van der Waals surface area contributed by atoms with Gasteiger partial charge in [0.25, 0.3) is 0 Å². The quantitative estimate of drug-likeness (QED) is 0.729. The van der Waals surface area contributed by atoms with Crippen LogP contribution in [0, 0.1) is 5.92 Å². The van der Waals surface area contributed by atoms with Crippen LogP contribution in [0.15, 0.2) is 0 Å². The third-order valence-electron chi connectivity index (χ3n) is 4.59. The predicted octanol–water partition coefficient (Wildman–Crippen LogP) is 1.72. The van der Waals surface area contributed by atoms with Crippen molar-refractivity contribution in [3.63, 3.8) is 0 Å². The minimum absolute atomic E-state index is 0.0832. The van der Waals surface area contributed by atoms with Gasteiger partial charge in [-0.2, -0.15) is 0 Å². The van der Waals surface area contributed by atoms with E-state index in [-0.39, 0.29) is 18.1 Å². The van der Waals surface area contributed by atoms with Crippen LogP contribution in [-0.2, 0) is 19.1 Å². The van der Waals surface area contributed by atoms with Crippen LogP contribution < -0.4 is 5.32 Å². The van der Waals surface area contributed by atoms with Gasteiger partial charge in [0, 0.05) is 12.6 Å². The minimum atomic E-state index is -0.819. The fraction of sp³-hybridized carbons (Fsp3) is 0.875. The van der Waals surface area contributed by atoms with E-state index in [1.54, 1.807) is 6.92 Å². The van der Waals surface area contributed by atoms with Gasteiger partial charge in [0.1, 0.15) is 6.10 Å². The van der Waals surface area contributed by atoms with Gasteiger partial charge >= 0.3 is 5.97 Å². The van der Waals surface area contributed by atoms with E-state index >= 15 is 0 Å². The number of ether oxygens (including phenoxy) is 2. The second kappa shape index (κ2) is 8.48. The van der Waals surface area contributed by atoms with Crippen molar-refractivity contribution in [3.05, 3.63) is 0 Å². The fourth-order valence-corrected chi connectivity index (χ4v) is 3.18. The van der Waals surface area contributed by atoms with Crippen molar-refractivity contribution >= 4 is 11.9 Å². The molecule has 0 radical (unpaired) electrons. The van der Waals surface area contributed by atoms with Crippen LogP contribution >= 0.6 is 0 Å². The van der Waals surface area contributed by atoms with Crippen molar-refractivity contribution in [2.45, 2.75) is 70.1 Å². The van der Waals surface area contributed by atoms with Gasteiger partial charge in [-0.25, -0.2) is 0 Å². The first-order valence-corrected chi connectivity index (χ1v) is 8.34. The summed E-state index contributed by atoms with van der Waals surface area (Å²) < 4.78 is 11.0. The highest BCUT2D eigenvalue weighted by Crippen LogP contribution is 2.24. The van der Waals surface area contributed by atoms with Crippen LogP contribution in [0.4, 0.5) is 0 Å². The van der Waals surface area contributed by atoms with Gasteiger partial charge in [-0.3, -0.25) is 9.59 Å². The van der Waals surface area contributed by atoms with Crippen LogP contribution in [0.2, 0.25) is 0 Å². The molecule has 2 N–H and O–H groups in total. The average molecular weight is 313 g/mol. The number of hydrogen-bond acceptors (Lipinski definition) is 4. The van der Waals surface area contributed by atoms with Crippen LogP contribution in [0.5, 0.6) is 0 Å². The number of nitrogens with one attached hydrogen (secondary N) is 1. The van der Waals surface area contributed by atoms with Crippen LogP contribution in [0.3, 0.4) is 0 Å². The second-order valence-electron chi connectivity index (χ2n) is 6.31. The molecule has 0 bridgehead atoms. The summed E-state index contributed by atoms with van der Waals surface area (Å²) in [5, 5.41) is 12.2. The number of aliphatic carboxylic acids is 1. The molecule has 1 amide bonds. The first-order chi connectivity index (χ1) is 10.6. The first kappa shape index (κ1) is 17.2. The Balaban J connectivity index is 1.81. The van der Waals surface area contributed by atoms with Crippen molar-refractivity contribution in [2.24, 2.45) is 5.92 Å². The zero-order valence-corrected chi connectivity index (χ0v) is 13.3. The zero-order chi connectivity index (χ0) is 15.9. The molecule has 1 saturated carbocycles. The molecule has 2 aliphatic rings. The molecular weight excluding hydrogens is 286 g/mol. The molecule has 2 fully saturated rings. The lowest BCUT2D eigenvalue weighted by molar-refractivity contribution is -0.144. The number of carboxylic acids is 1. The van der Waals surface area contributed by atoms with Crippen LogP contribution in [0.25, 0.3) is 0 Å². The molecule has 1 aliphatic heterocycles. The summed E-state index contributed by atoms with van der Waals surface area (Å²) in [7, 11) is 0. The molecule has 1 heterocycles. The number of amides is 1.